The van der Waals surface area contributed by atoms with Crippen molar-refractivity contribution in [2.45, 2.75) is 38.8 Å². The third-order valence-electron chi connectivity index (χ3n) is 4.60. The molecule has 4 rings (SSSR count). The number of aromatic nitrogens is 3. The summed E-state index contributed by atoms with van der Waals surface area (Å²) in [6, 6.07) is 9.75. The first-order valence-electron chi connectivity index (χ1n) is 9.05. The minimum atomic E-state index is -0.156. The van der Waals surface area contributed by atoms with Crippen molar-refractivity contribution in [3.63, 3.8) is 0 Å². The Morgan fingerprint density at radius 2 is 2.15 bits per heavy atom. The smallest absolute Gasteiger partial charge is 0.318 e. The third-order valence-corrected chi connectivity index (χ3v) is 5.45. The van der Waals surface area contributed by atoms with Crippen LogP contribution in [0.2, 0.25) is 0 Å². The van der Waals surface area contributed by atoms with Crippen LogP contribution in [0.25, 0.3) is 11.3 Å². The number of piperidine rings is 1. The number of nitrogens with zero attached hydrogens (tertiary/aromatic N) is 4. The van der Waals surface area contributed by atoms with E-state index in [0.717, 1.165) is 35.5 Å². The lowest BCUT2D eigenvalue weighted by molar-refractivity contribution is 0.131. The molecule has 2 aromatic heterocycles. The molecule has 7 nitrogen and oxygen atoms in total. The Balaban J connectivity index is 1.40. The van der Waals surface area contributed by atoms with E-state index in [1.165, 1.54) is 0 Å². The SMILES string of the molecule is Cc1noc([C@H]2CCCCN2C(=O)NCc2nc(-c3ccccc3)cs2)n1. The van der Waals surface area contributed by atoms with Crippen molar-refractivity contribution in [3.8, 4) is 11.3 Å². The highest BCUT2D eigenvalue weighted by atomic mass is 32.1. The zero-order valence-corrected chi connectivity index (χ0v) is 15.9. The van der Waals surface area contributed by atoms with Gasteiger partial charge in [-0.05, 0) is 26.2 Å². The van der Waals surface area contributed by atoms with Gasteiger partial charge >= 0.3 is 6.03 Å². The second kappa shape index (κ2) is 7.87. The van der Waals surface area contributed by atoms with E-state index < -0.39 is 0 Å². The van der Waals surface area contributed by atoms with Crippen molar-refractivity contribution in [1.82, 2.24) is 25.3 Å². The number of nitrogens with one attached hydrogen (secondary N) is 1. The second-order valence-electron chi connectivity index (χ2n) is 6.54. The molecule has 0 unspecified atom stereocenters. The monoisotopic (exact) mass is 383 g/mol. The Labute approximate surface area is 161 Å². The summed E-state index contributed by atoms with van der Waals surface area (Å²) < 4.78 is 5.31. The molecular weight excluding hydrogens is 362 g/mol. The zero-order valence-electron chi connectivity index (χ0n) is 15.1. The van der Waals surface area contributed by atoms with E-state index in [-0.39, 0.29) is 12.1 Å². The fourth-order valence-corrected chi connectivity index (χ4v) is 4.01. The zero-order chi connectivity index (χ0) is 18.6. The summed E-state index contributed by atoms with van der Waals surface area (Å²) in [7, 11) is 0. The number of rotatable bonds is 4. The molecule has 0 saturated carbocycles. The van der Waals surface area contributed by atoms with Crippen LogP contribution in [-0.2, 0) is 6.54 Å². The highest BCUT2D eigenvalue weighted by Gasteiger charge is 2.31. The molecule has 1 fully saturated rings. The number of carbonyl (C=O) groups excluding carboxylic acids is 1. The molecular formula is C19H21N5O2S. The number of hydrogen-bond donors (Lipinski definition) is 1. The maximum Gasteiger partial charge on any atom is 0.318 e. The van der Waals surface area contributed by atoms with Gasteiger partial charge in [0.25, 0.3) is 0 Å². The van der Waals surface area contributed by atoms with Gasteiger partial charge in [0.1, 0.15) is 11.0 Å². The Morgan fingerprint density at radius 3 is 2.93 bits per heavy atom. The van der Waals surface area contributed by atoms with Crippen molar-refractivity contribution in [3.05, 3.63) is 52.4 Å². The van der Waals surface area contributed by atoms with Crippen molar-refractivity contribution in [2.24, 2.45) is 0 Å². The van der Waals surface area contributed by atoms with Gasteiger partial charge in [-0.2, -0.15) is 4.98 Å². The lowest BCUT2D eigenvalue weighted by atomic mass is 10.0. The topological polar surface area (TPSA) is 84.2 Å². The molecule has 0 radical (unpaired) electrons. The predicted molar refractivity (Wildman–Crippen MR) is 102 cm³/mol. The van der Waals surface area contributed by atoms with Gasteiger partial charge in [-0.25, -0.2) is 9.78 Å². The Hall–Kier alpha value is -2.74. The first-order valence-corrected chi connectivity index (χ1v) is 9.93. The van der Waals surface area contributed by atoms with Crippen LogP contribution in [0.5, 0.6) is 0 Å². The first-order chi connectivity index (χ1) is 13.2. The highest BCUT2D eigenvalue weighted by Crippen LogP contribution is 2.30. The fourth-order valence-electron chi connectivity index (χ4n) is 3.27. The van der Waals surface area contributed by atoms with E-state index in [1.54, 1.807) is 23.2 Å². The van der Waals surface area contributed by atoms with E-state index in [2.05, 4.69) is 20.4 Å². The van der Waals surface area contributed by atoms with Gasteiger partial charge in [-0.15, -0.1) is 11.3 Å². The van der Waals surface area contributed by atoms with Crippen molar-refractivity contribution < 1.29 is 9.32 Å². The minimum absolute atomic E-state index is 0.119. The number of hydrogen-bond acceptors (Lipinski definition) is 6. The predicted octanol–water partition coefficient (Wildman–Crippen LogP) is 3.94. The molecule has 0 spiro atoms. The Kier molecular flexibility index (Phi) is 5.15. The van der Waals surface area contributed by atoms with Gasteiger partial charge in [0, 0.05) is 17.5 Å². The summed E-state index contributed by atoms with van der Waals surface area (Å²) in [4.78, 5) is 23.5. The van der Waals surface area contributed by atoms with Crippen LogP contribution in [0.1, 0.15) is 42.0 Å². The van der Waals surface area contributed by atoms with Crippen LogP contribution in [0, 0.1) is 6.92 Å². The standard InChI is InChI=1S/C19H21N5O2S/c1-13-21-18(26-23-13)16-9-5-6-10-24(16)19(25)20-11-17-22-15(12-27-17)14-7-3-2-4-8-14/h2-4,7-8,12,16H,5-6,9-11H2,1H3,(H,20,25)/t16-/m1/s1. The minimum Gasteiger partial charge on any atom is -0.337 e. The number of amides is 2. The molecule has 0 bridgehead atoms. The maximum atomic E-state index is 12.7. The van der Waals surface area contributed by atoms with Crippen LogP contribution in [0.4, 0.5) is 4.79 Å². The first kappa shape index (κ1) is 17.7. The van der Waals surface area contributed by atoms with Gasteiger partial charge < -0.3 is 14.7 Å². The molecule has 0 aliphatic carbocycles. The summed E-state index contributed by atoms with van der Waals surface area (Å²) in [5.41, 5.74) is 2.01. The average molecular weight is 383 g/mol. The number of thiazole rings is 1. The van der Waals surface area contributed by atoms with Crippen LogP contribution in [0.15, 0.2) is 40.2 Å². The lowest BCUT2D eigenvalue weighted by Crippen LogP contribution is -2.44. The molecule has 3 aromatic rings. The number of benzene rings is 1. The van der Waals surface area contributed by atoms with Gasteiger partial charge in [0.2, 0.25) is 5.89 Å². The van der Waals surface area contributed by atoms with Crippen molar-refractivity contribution in [1.29, 1.82) is 0 Å². The van der Waals surface area contributed by atoms with Crippen LogP contribution in [-0.4, -0.2) is 32.6 Å². The number of likely N-dealkylation sites (tertiary alicyclic amines) is 1. The van der Waals surface area contributed by atoms with E-state index in [1.807, 2.05) is 35.7 Å². The van der Waals surface area contributed by atoms with Gasteiger partial charge in [-0.1, -0.05) is 35.5 Å². The molecule has 1 aliphatic heterocycles. The highest BCUT2D eigenvalue weighted by molar-refractivity contribution is 7.09. The van der Waals surface area contributed by atoms with Crippen molar-refractivity contribution >= 4 is 17.4 Å². The largest absolute Gasteiger partial charge is 0.337 e. The molecule has 1 atom stereocenters. The Morgan fingerprint density at radius 1 is 1.30 bits per heavy atom. The maximum absolute atomic E-state index is 12.7. The van der Waals surface area contributed by atoms with E-state index in [0.29, 0.717) is 24.8 Å². The number of urea groups is 1. The van der Waals surface area contributed by atoms with Gasteiger partial charge in [0.15, 0.2) is 5.82 Å². The summed E-state index contributed by atoms with van der Waals surface area (Å²) in [6.07, 6.45) is 2.86. The molecule has 140 valence electrons. The molecule has 8 heteroatoms. The Bertz CT molecular complexity index is 908. The van der Waals surface area contributed by atoms with Gasteiger partial charge in [-0.3, -0.25) is 0 Å². The second-order valence-corrected chi connectivity index (χ2v) is 7.48. The normalized spacial score (nSPS) is 17.1. The van der Waals surface area contributed by atoms with Crippen LogP contribution in [0.3, 0.4) is 0 Å². The van der Waals surface area contributed by atoms with E-state index in [4.69, 9.17) is 4.52 Å². The summed E-state index contributed by atoms with van der Waals surface area (Å²) in [6.45, 7) is 2.88. The van der Waals surface area contributed by atoms with Gasteiger partial charge in [0.05, 0.1) is 12.2 Å². The number of carbonyl (C=O) groups is 1. The summed E-state index contributed by atoms with van der Waals surface area (Å²) in [5, 5.41) is 9.74. The van der Waals surface area contributed by atoms with E-state index in [9.17, 15) is 4.79 Å². The summed E-state index contributed by atoms with van der Waals surface area (Å²) in [5.74, 6) is 1.11. The molecule has 3 heterocycles. The molecule has 2 amide bonds. The average Bonchev–Trinajstić information content (AvgIpc) is 3.36. The third kappa shape index (κ3) is 4.00. The van der Waals surface area contributed by atoms with Crippen LogP contribution < -0.4 is 5.32 Å². The van der Waals surface area contributed by atoms with Crippen LogP contribution >= 0.6 is 11.3 Å². The quantitative estimate of drug-likeness (QED) is 0.738. The van der Waals surface area contributed by atoms with E-state index >= 15 is 0 Å². The lowest BCUT2D eigenvalue weighted by Gasteiger charge is -2.33. The molecule has 1 aromatic carbocycles. The molecule has 1 saturated heterocycles. The molecule has 1 N–H and O–H groups in total. The number of aryl methyl sites for hydroxylation is 1. The molecule has 1 aliphatic rings. The molecule has 27 heavy (non-hydrogen) atoms. The van der Waals surface area contributed by atoms with Crippen molar-refractivity contribution in [2.75, 3.05) is 6.54 Å². The summed E-state index contributed by atoms with van der Waals surface area (Å²) >= 11 is 1.55. The fraction of sp³-hybridized carbons (Fsp3) is 0.368.